The number of morpholine rings is 1. The lowest BCUT2D eigenvalue weighted by molar-refractivity contribution is -0.140. The van der Waals surface area contributed by atoms with E-state index in [1.165, 1.54) is 4.90 Å². The van der Waals surface area contributed by atoms with Crippen molar-refractivity contribution in [2.24, 2.45) is 0 Å². The number of Topliss-reactive ketones (excluding diaryl/α,β-unsaturated/α-hetero) is 1. The Balaban J connectivity index is 1.56. The minimum Gasteiger partial charge on any atom is -0.507 e. The molecule has 9 heteroatoms. The number of benzene rings is 2. The molecule has 0 spiro atoms. The van der Waals surface area contributed by atoms with Crippen LogP contribution in [0.5, 0.6) is 17.2 Å². The monoisotopic (exact) mass is 480 g/mol. The Labute approximate surface area is 203 Å². The summed E-state index contributed by atoms with van der Waals surface area (Å²) in [7, 11) is 1.54. The molecule has 1 N–H and O–H groups in total. The van der Waals surface area contributed by atoms with Gasteiger partial charge < -0.3 is 29.0 Å². The van der Waals surface area contributed by atoms with Crippen LogP contribution in [0.3, 0.4) is 0 Å². The molecule has 0 aromatic heterocycles. The zero-order valence-corrected chi connectivity index (χ0v) is 19.6. The smallest absolute Gasteiger partial charge is 0.295 e. The standard InChI is InChI=1S/C26H28N2O7/c1-32-19-5-3-2-4-18(19)23-22(24(29)17-6-7-20-21(16-17)35-15-14-34-20)25(30)26(31)28(23)9-8-27-10-12-33-13-11-27/h2-7,16,23,29H,8-15H2,1H3/b24-22+. The Bertz CT molecular complexity index is 1160. The predicted molar refractivity (Wildman–Crippen MR) is 127 cm³/mol. The molecular formula is C26H28N2O7. The van der Waals surface area contributed by atoms with Crippen LogP contribution in [0.25, 0.3) is 5.76 Å². The molecule has 35 heavy (non-hydrogen) atoms. The highest BCUT2D eigenvalue weighted by atomic mass is 16.6. The first-order valence-corrected chi connectivity index (χ1v) is 11.7. The fourth-order valence-electron chi connectivity index (χ4n) is 4.75. The number of para-hydroxylation sites is 1. The van der Waals surface area contributed by atoms with Gasteiger partial charge in [-0.2, -0.15) is 0 Å². The van der Waals surface area contributed by atoms with E-state index in [9.17, 15) is 14.7 Å². The number of hydrogen-bond donors (Lipinski definition) is 1. The minimum absolute atomic E-state index is 0.0261. The number of aliphatic hydroxyl groups is 1. The molecule has 9 nitrogen and oxygen atoms in total. The summed E-state index contributed by atoms with van der Waals surface area (Å²) >= 11 is 0. The van der Waals surface area contributed by atoms with Crippen LogP contribution < -0.4 is 14.2 Å². The Morgan fingerprint density at radius 2 is 1.74 bits per heavy atom. The quantitative estimate of drug-likeness (QED) is 0.382. The van der Waals surface area contributed by atoms with Crippen molar-refractivity contribution in [3.05, 3.63) is 59.2 Å². The predicted octanol–water partition coefficient (Wildman–Crippen LogP) is 2.22. The number of carbonyl (C=O) groups is 2. The Kier molecular flexibility index (Phi) is 6.61. The van der Waals surface area contributed by atoms with E-state index in [1.807, 2.05) is 18.2 Å². The fourth-order valence-corrected chi connectivity index (χ4v) is 4.75. The largest absolute Gasteiger partial charge is 0.507 e. The SMILES string of the molecule is COc1ccccc1C1/C(=C(\O)c2ccc3c(c2)OCCO3)C(=O)C(=O)N1CCN1CCOCC1. The average molecular weight is 481 g/mol. The zero-order valence-electron chi connectivity index (χ0n) is 19.6. The molecule has 3 aliphatic heterocycles. The lowest BCUT2D eigenvalue weighted by Crippen LogP contribution is -2.42. The fraction of sp³-hybridized carbons (Fsp3) is 0.385. The first kappa shape index (κ1) is 23.2. The van der Waals surface area contributed by atoms with Gasteiger partial charge in [-0.15, -0.1) is 0 Å². The second kappa shape index (κ2) is 9.97. The van der Waals surface area contributed by atoms with E-state index in [-0.39, 0.29) is 11.3 Å². The molecule has 1 unspecified atom stereocenters. The van der Waals surface area contributed by atoms with Crippen molar-refractivity contribution in [2.75, 3.05) is 59.7 Å². The van der Waals surface area contributed by atoms with Crippen LogP contribution >= 0.6 is 0 Å². The molecule has 1 amide bonds. The Morgan fingerprint density at radius 3 is 2.51 bits per heavy atom. The summed E-state index contributed by atoms with van der Waals surface area (Å²) in [5.41, 5.74) is 1.04. The number of methoxy groups -OCH3 is 1. The van der Waals surface area contributed by atoms with Crippen LogP contribution in [0.4, 0.5) is 0 Å². The van der Waals surface area contributed by atoms with Crippen molar-refractivity contribution in [3.63, 3.8) is 0 Å². The van der Waals surface area contributed by atoms with Gasteiger partial charge in [0.05, 0.1) is 31.9 Å². The van der Waals surface area contributed by atoms with Crippen molar-refractivity contribution in [2.45, 2.75) is 6.04 Å². The highest BCUT2D eigenvalue weighted by molar-refractivity contribution is 6.46. The first-order chi connectivity index (χ1) is 17.1. The van der Waals surface area contributed by atoms with E-state index in [2.05, 4.69) is 4.90 Å². The molecule has 2 aromatic rings. The number of carbonyl (C=O) groups excluding carboxylic acids is 2. The van der Waals surface area contributed by atoms with Crippen LogP contribution in [0, 0.1) is 0 Å². The molecule has 0 saturated carbocycles. The number of rotatable bonds is 6. The van der Waals surface area contributed by atoms with Gasteiger partial charge in [0.2, 0.25) is 0 Å². The van der Waals surface area contributed by atoms with Crippen LogP contribution in [0.15, 0.2) is 48.0 Å². The highest BCUT2D eigenvalue weighted by Crippen LogP contribution is 2.43. The third-order valence-electron chi connectivity index (χ3n) is 6.55. The molecule has 3 heterocycles. The van der Waals surface area contributed by atoms with Crippen LogP contribution in [-0.2, 0) is 14.3 Å². The maximum Gasteiger partial charge on any atom is 0.295 e. The molecule has 2 saturated heterocycles. The maximum absolute atomic E-state index is 13.3. The van der Waals surface area contributed by atoms with E-state index in [1.54, 1.807) is 31.4 Å². The van der Waals surface area contributed by atoms with Crippen LogP contribution in [-0.4, -0.2) is 86.3 Å². The van der Waals surface area contributed by atoms with Crippen molar-refractivity contribution in [3.8, 4) is 17.2 Å². The van der Waals surface area contributed by atoms with E-state index in [4.69, 9.17) is 18.9 Å². The number of amides is 1. The van der Waals surface area contributed by atoms with E-state index >= 15 is 0 Å². The molecule has 2 aromatic carbocycles. The normalized spacial score (nSPS) is 21.9. The third-order valence-corrected chi connectivity index (χ3v) is 6.55. The van der Waals surface area contributed by atoms with Gasteiger partial charge >= 0.3 is 0 Å². The first-order valence-electron chi connectivity index (χ1n) is 11.7. The summed E-state index contributed by atoms with van der Waals surface area (Å²) in [6.45, 7) is 4.56. The van der Waals surface area contributed by atoms with Gasteiger partial charge in [0, 0.05) is 37.3 Å². The van der Waals surface area contributed by atoms with Crippen molar-refractivity contribution in [1.82, 2.24) is 9.80 Å². The Morgan fingerprint density at radius 1 is 1.00 bits per heavy atom. The third kappa shape index (κ3) is 4.44. The number of fused-ring (bicyclic) bond motifs is 1. The summed E-state index contributed by atoms with van der Waals surface area (Å²) < 4.78 is 22.2. The second-order valence-electron chi connectivity index (χ2n) is 8.55. The second-order valence-corrected chi connectivity index (χ2v) is 8.55. The van der Waals surface area contributed by atoms with Crippen molar-refractivity contribution >= 4 is 17.4 Å². The van der Waals surface area contributed by atoms with E-state index in [0.29, 0.717) is 67.9 Å². The van der Waals surface area contributed by atoms with Gasteiger partial charge in [-0.05, 0) is 24.3 Å². The number of aliphatic hydroxyl groups excluding tert-OH is 1. The van der Waals surface area contributed by atoms with Crippen LogP contribution in [0.1, 0.15) is 17.2 Å². The molecule has 3 aliphatic rings. The molecule has 0 aliphatic carbocycles. The van der Waals surface area contributed by atoms with E-state index in [0.717, 1.165) is 13.1 Å². The summed E-state index contributed by atoms with van der Waals surface area (Å²) in [5, 5.41) is 11.4. The topological polar surface area (TPSA) is 97.8 Å². The molecule has 0 radical (unpaired) electrons. The highest BCUT2D eigenvalue weighted by Gasteiger charge is 2.47. The van der Waals surface area contributed by atoms with Gasteiger partial charge in [0.15, 0.2) is 11.5 Å². The maximum atomic E-state index is 13.3. The number of hydrogen-bond acceptors (Lipinski definition) is 8. The van der Waals surface area contributed by atoms with Gasteiger partial charge in [0.25, 0.3) is 11.7 Å². The van der Waals surface area contributed by atoms with Crippen molar-refractivity contribution < 1.29 is 33.6 Å². The van der Waals surface area contributed by atoms with Crippen molar-refractivity contribution in [1.29, 1.82) is 0 Å². The summed E-state index contributed by atoms with van der Waals surface area (Å²) in [5.74, 6) is -0.0480. The molecular weight excluding hydrogens is 452 g/mol. The summed E-state index contributed by atoms with van der Waals surface area (Å²) in [4.78, 5) is 30.3. The van der Waals surface area contributed by atoms with Gasteiger partial charge in [-0.25, -0.2) is 0 Å². The number of ketones is 1. The van der Waals surface area contributed by atoms with E-state index < -0.39 is 17.7 Å². The number of likely N-dealkylation sites (tertiary alicyclic amines) is 1. The average Bonchev–Trinajstić information content (AvgIpc) is 3.16. The Hall–Kier alpha value is -3.56. The van der Waals surface area contributed by atoms with Gasteiger partial charge in [-0.3, -0.25) is 14.5 Å². The molecule has 5 rings (SSSR count). The van der Waals surface area contributed by atoms with Gasteiger partial charge in [0.1, 0.15) is 24.7 Å². The molecule has 184 valence electrons. The molecule has 1 atom stereocenters. The summed E-state index contributed by atoms with van der Waals surface area (Å²) in [6, 6.07) is 11.4. The number of nitrogens with zero attached hydrogens (tertiary/aromatic N) is 2. The molecule has 0 bridgehead atoms. The minimum atomic E-state index is -0.791. The lowest BCUT2D eigenvalue weighted by atomic mass is 9.94. The molecule has 2 fully saturated rings. The summed E-state index contributed by atoms with van der Waals surface area (Å²) in [6.07, 6.45) is 0. The zero-order chi connectivity index (χ0) is 24.4. The number of ether oxygens (including phenoxy) is 4. The van der Waals surface area contributed by atoms with Gasteiger partial charge in [-0.1, -0.05) is 18.2 Å². The lowest BCUT2D eigenvalue weighted by Gasteiger charge is -2.31. The van der Waals surface area contributed by atoms with Crippen LogP contribution in [0.2, 0.25) is 0 Å².